The van der Waals surface area contributed by atoms with Gasteiger partial charge in [-0.3, -0.25) is 24.3 Å². The van der Waals surface area contributed by atoms with Crippen LogP contribution in [0.3, 0.4) is 0 Å². The third-order valence-corrected chi connectivity index (χ3v) is 6.63. The van der Waals surface area contributed by atoms with E-state index in [1.165, 1.54) is 4.90 Å². The molecule has 8 heteroatoms. The summed E-state index contributed by atoms with van der Waals surface area (Å²) in [6, 6.07) is 7.53. The van der Waals surface area contributed by atoms with Crippen molar-refractivity contribution in [1.29, 1.82) is 0 Å². The number of likely N-dealkylation sites (tertiary alicyclic amines) is 1. The van der Waals surface area contributed by atoms with Crippen LogP contribution in [0.15, 0.2) is 24.3 Å². The summed E-state index contributed by atoms with van der Waals surface area (Å²) in [5.41, 5.74) is -0.0575. The van der Waals surface area contributed by atoms with Gasteiger partial charge in [-0.15, -0.1) is 0 Å². The molecule has 30 heavy (non-hydrogen) atoms. The number of carbonyl (C=O) groups is 2. The molecular formula is C22H31N3O5. The first-order valence-corrected chi connectivity index (χ1v) is 10.6. The first-order valence-electron chi connectivity index (χ1n) is 10.6. The molecule has 4 rings (SSSR count). The highest BCUT2D eigenvalue weighted by atomic mass is 16.5. The van der Waals surface area contributed by atoms with E-state index in [2.05, 4.69) is 9.80 Å². The molecule has 0 spiro atoms. The number of imide groups is 1. The fourth-order valence-electron chi connectivity index (χ4n) is 4.61. The summed E-state index contributed by atoms with van der Waals surface area (Å²) in [4.78, 5) is 33.0. The van der Waals surface area contributed by atoms with Gasteiger partial charge in [-0.1, -0.05) is 12.1 Å². The Labute approximate surface area is 177 Å². The Balaban J connectivity index is 1.63. The van der Waals surface area contributed by atoms with Gasteiger partial charge >= 0.3 is 0 Å². The van der Waals surface area contributed by atoms with Crippen molar-refractivity contribution in [2.45, 2.75) is 12.3 Å². The zero-order valence-corrected chi connectivity index (χ0v) is 17.8. The van der Waals surface area contributed by atoms with Gasteiger partial charge in [0.05, 0.1) is 51.5 Å². The van der Waals surface area contributed by atoms with Crippen LogP contribution in [0.25, 0.3) is 0 Å². The second kappa shape index (κ2) is 9.01. The molecule has 0 N–H and O–H groups in total. The van der Waals surface area contributed by atoms with Crippen LogP contribution in [0.5, 0.6) is 5.75 Å². The minimum Gasteiger partial charge on any atom is -0.497 e. The number of carbonyl (C=O) groups excluding carboxylic acids is 2. The summed E-state index contributed by atoms with van der Waals surface area (Å²) in [6.07, 6.45) is 0. The number of hydrogen-bond acceptors (Lipinski definition) is 7. The Morgan fingerprint density at radius 3 is 2.10 bits per heavy atom. The zero-order chi connectivity index (χ0) is 21.1. The van der Waals surface area contributed by atoms with Crippen molar-refractivity contribution in [1.82, 2.24) is 14.7 Å². The van der Waals surface area contributed by atoms with Gasteiger partial charge in [0, 0.05) is 32.7 Å². The minimum atomic E-state index is -0.909. The Morgan fingerprint density at radius 2 is 1.53 bits per heavy atom. The lowest BCUT2D eigenvalue weighted by Gasteiger charge is -2.34. The maximum atomic E-state index is 13.7. The normalized spacial score (nSPS) is 28.9. The van der Waals surface area contributed by atoms with E-state index in [1.54, 1.807) is 7.11 Å². The van der Waals surface area contributed by atoms with Crippen LogP contribution in [0.2, 0.25) is 0 Å². The lowest BCUT2D eigenvalue weighted by atomic mass is 9.73. The number of benzene rings is 1. The van der Waals surface area contributed by atoms with Gasteiger partial charge in [-0.2, -0.15) is 0 Å². The highest BCUT2D eigenvalue weighted by Gasteiger charge is 2.57. The number of hydrogen-bond donors (Lipinski definition) is 0. The topological polar surface area (TPSA) is 71.6 Å². The molecule has 0 unspecified atom stereocenters. The molecule has 3 fully saturated rings. The van der Waals surface area contributed by atoms with E-state index in [0.717, 1.165) is 37.5 Å². The first-order chi connectivity index (χ1) is 14.5. The largest absolute Gasteiger partial charge is 0.497 e. The second-order valence-electron chi connectivity index (χ2n) is 8.34. The number of ether oxygens (including phenoxy) is 3. The second-order valence-corrected chi connectivity index (χ2v) is 8.34. The number of morpholine rings is 2. The third-order valence-electron chi connectivity index (χ3n) is 6.63. The van der Waals surface area contributed by atoms with E-state index in [9.17, 15) is 9.59 Å². The SMILES string of the molecule is COc1ccc([C@]2(C)C(=O)N(CN3CCOCC3)C(=O)[C@@H]2CN2CCOCC2)cc1. The van der Waals surface area contributed by atoms with Gasteiger partial charge in [0.1, 0.15) is 5.75 Å². The lowest BCUT2D eigenvalue weighted by Crippen LogP contribution is -2.47. The molecule has 3 aliphatic rings. The Morgan fingerprint density at radius 1 is 0.967 bits per heavy atom. The number of amides is 2. The lowest BCUT2D eigenvalue weighted by molar-refractivity contribution is -0.143. The molecule has 2 amide bonds. The summed E-state index contributed by atoms with van der Waals surface area (Å²) in [7, 11) is 1.62. The van der Waals surface area contributed by atoms with Gasteiger partial charge in [0.25, 0.3) is 0 Å². The molecule has 1 aromatic carbocycles. The standard InChI is InChI=1S/C22H31N3O5/c1-22(17-3-5-18(28-2)6-4-17)19(15-23-7-11-29-12-8-23)20(26)25(21(22)27)16-24-9-13-30-14-10-24/h3-6,19H,7-16H2,1-2H3/t19-,22-/m0/s1. The summed E-state index contributed by atoms with van der Waals surface area (Å²) in [5.74, 6) is 0.0882. The van der Waals surface area contributed by atoms with Crippen LogP contribution in [-0.2, 0) is 24.5 Å². The van der Waals surface area contributed by atoms with Crippen LogP contribution < -0.4 is 4.74 Å². The van der Waals surface area contributed by atoms with Crippen LogP contribution >= 0.6 is 0 Å². The van der Waals surface area contributed by atoms with E-state index < -0.39 is 11.3 Å². The zero-order valence-electron chi connectivity index (χ0n) is 17.8. The summed E-state index contributed by atoms with van der Waals surface area (Å²) in [6.45, 7) is 8.38. The van der Waals surface area contributed by atoms with E-state index in [-0.39, 0.29) is 11.8 Å². The summed E-state index contributed by atoms with van der Waals surface area (Å²) in [5, 5.41) is 0. The van der Waals surface area contributed by atoms with Gasteiger partial charge in [0.2, 0.25) is 11.8 Å². The molecular weight excluding hydrogens is 386 g/mol. The molecule has 0 saturated carbocycles. The monoisotopic (exact) mass is 417 g/mol. The van der Waals surface area contributed by atoms with Gasteiger partial charge < -0.3 is 14.2 Å². The molecule has 164 valence electrons. The fraction of sp³-hybridized carbons (Fsp3) is 0.636. The Kier molecular flexibility index (Phi) is 6.38. The van der Waals surface area contributed by atoms with Crippen molar-refractivity contribution in [3.63, 3.8) is 0 Å². The average Bonchev–Trinajstić information content (AvgIpc) is 2.97. The van der Waals surface area contributed by atoms with Crippen molar-refractivity contribution in [3.05, 3.63) is 29.8 Å². The quantitative estimate of drug-likeness (QED) is 0.627. The predicted octanol–water partition coefficient (Wildman–Crippen LogP) is 0.560. The van der Waals surface area contributed by atoms with Gasteiger partial charge in [0.15, 0.2) is 0 Å². The van der Waals surface area contributed by atoms with E-state index in [4.69, 9.17) is 14.2 Å². The maximum absolute atomic E-state index is 13.7. The molecule has 0 aliphatic carbocycles. The highest BCUT2D eigenvalue weighted by molar-refractivity contribution is 6.10. The molecule has 0 radical (unpaired) electrons. The smallest absolute Gasteiger partial charge is 0.241 e. The molecule has 0 bridgehead atoms. The molecule has 3 heterocycles. The average molecular weight is 418 g/mol. The van der Waals surface area contributed by atoms with Crippen LogP contribution in [-0.4, -0.2) is 99.4 Å². The summed E-state index contributed by atoms with van der Waals surface area (Å²) >= 11 is 0. The molecule has 3 aliphatic heterocycles. The van der Waals surface area contributed by atoms with E-state index >= 15 is 0 Å². The van der Waals surface area contributed by atoms with Crippen LogP contribution in [0, 0.1) is 5.92 Å². The molecule has 0 aromatic heterocycles. The van der Waals surface area contributed by atoms with Gasteiger partial charge in [-0.05, 0) is 24.6 Å². The summed E-state index contributed by atoms with van der Waals surface area (Å²) < 4.78 is 16.2. The first kappa shape index (κ1) is 21.2. The number of rotatable bonds is 6. The van der Waals surface area contributed by atoms with Gasteiger partial charge in [-0.25, -0.2) is 0 Å². The van der Waals surface area contributed by atoms with Crippen molar-refractivity contribution in [3.8, 4) is 5.75 Å². The fourth-order valence-corrected chi connectivity index (χ4v) is 4.61. The number of methoxy groups -OCH3 is 1. The van der Waals surface area contributed by atoms with Crippen LogP contribution in [0.1, 0.15) is 12.5 Å². The molecule has 2 atom stereocenters. The minimum absolute atomic E-state index is 0.0868. The van der Waals surface area contributed by atoms with E-state index in [0.29, 0.717) is 39.6 Å². The molecule has 1 aromatic rings. The number of nitrogens with zero attached hydrogens (tertiary/aromatic N) is 3. The van der Waals surface area contributed by atoms with Crippen molar-refractivity contribution in [2.75, 3.05) is 72.9 Å². The van der Waals surface area contributed by atoms with Crippen molar-refractivity contribution >= 4 is 11.8 Å². The highest BCUT2D eigenvalue weighted by Crippen LogP contribution is 2.42. The third kappa shape index (κ3) is 3.97. The van der Waals surface area contributed by atoms with E-state index in [1.807, 2.05) is 31.2 Å². The van der Waals surface area contributed by atoms with Crippen LogP contribution in [0.4, 0.5) is 0 Å². The molecule has 8 nitrogen and oxygen atoms in total. The van der Waals surface area contributed by atoms with Crippen molar-refractivity contribution < 1.29 is 23.8 Å². The Bertz CT molecular complexity index is 759. The maximum Gasteiger partial charge on any atom is 0.241 e. The van der Waals surface area contributed by atoms with Crippen molar-refractivity contribution in [2.24, 2.45) is 5.92 Å². The predicted molar refractivity (Wildman–Crippen MR) is 110 cm³/mol. The Hall–Kier alpha value is -2.00. The molecule has 3 saturated heterocycles.